The van der Waals surface area contributed by atoms with Crippen molar-refractivity contribution in [3.63, 3.8) is 0 Å². The molecule has 1 aliphatic rings. The third-order valence-corrected chi connectivity index (χ3v) is 4.71. The quantitative estimate of drug-likeness (QED) is 0.262. The first-order valence-corrected chi connectivity index (χ1v) is 8.59. The van der Waals surface area contributed by atoms with Gasteiger partial charge in [-0.2, -0.15) is 0 Å². The smallest absolute Gasteiger partial charge is 0.270 e. The third-order valence-electron chi connectivity index (χ3n) is 3.79. The zero-order valence-corrected chi connectivity index (χ0v) is 13.7. The highest BCUT2D eigenvalue weighted by Gasteiger charge is 2.15. The lowest BCUT2D eigenvalue weighted by molar-refractivity contribution is -0.384. The van der Waals surface area contributed by atoms with Crippen molar-refractivity contribution < 1.29 is 9.72 Å². The van der Waals surface area contributed by atoms with Crippen molar-refractivity contribution in [2.75, 3.05) is 23.7 Å². The number of hydrogen-bond donors (Lipinski definition) is 0. The van der Waals surface area contributed by atoms with E-state index in [4.69, 9.17) is 0 Å². The second kappa shape index (κ2) is 7.39. The number of non-ortho nitro benzene ring substituents is 1. The molecule has 0 bridgehead atoms. The first kappa shape index (κ1) is 16.4. The maximum atomic E-state index is 12.2. The fourth-order valence-electron chi connectivity index (χ4n) is 2.54. The lowest BCUT2D eigenvalue weighted by atomic mass is 10.1. The molecule has 0 N–H and O–H groups in total. The summed E-state index contributed by atoms with van der Waals surface area (Å²) in [5, 5.41) is 11.5. The maximum Gasteiger partial charge on any atom is 0.270 e. The van der Waals surface area contributed by atoms with Gasteiger partial charge in [-0.25, -0.2) is 9.97 Å². The van der Waals surface area contributed by atoms with E-state index in [1.54, 1.807) is 6.07 Å². The van der Waals surface area contributed by atoms with Gasteiger partial charge in [0.1, 0.15) is 17.2 Å². The van der Waals surface area contributed by atoms with Crippen LogP contribution in [-0.2, 0) is 0 Å². The van der Waals surface area contributed by atoms with Crippen LogP contribution in [0.3, 0.4) is 0 Å². The van der Waals surface area contributed by atoms with Crippen LogP contribution in [0.15, 0.2) is 41.7 Å². The van der Waals surface area contributed by atoms with Crippen LogP contribution < -0.4 is 4.90 Å². The molecule has 124 valence electrons. The molecule has 0 atom stereocenters. The minimum absolute atomic E-state index is 0.0794. The topological polar surface area (TPSA) is 89.2 Å². The van der Waals surface area contributed by atoms with Crippen molar-refractivity contribution in [3.05, 3.63) is 52.3 Å². The number of aromatic nitrogens is 2. The number of Topliss-reactive ketones (excluding diaryl/α,β-unsaturated/α-hetero) is 1. The molecular weight excluding hydrogens is 328 g/mol. The van der Waals surface area contributed by atoms with Crippen LogP contribution in [0.5, 0.6) is 0 Å². The van der Waals surface area contributed by atoms with Gasteiger partial charge in [-0.3, -0.25) is 14.9 Å². The van der Waals surface area contributed by atoms with Gasteiger partial charge < -0.3 is 4.90 Å². The molecule has 7 nitrogen and oxygen atoms in total. The lowest BCUT2D eigenvalue weighted by Crippen LogP contribution is -2.19. The fourth-order valence-corrected chi connectivity index (χ4v) is 3.30. The Kier molecular flexibility index (Phi) is 5.05. The van der Waals surface area contributed by atoms with E-state index >= 15 is 0 Å². The minimum atomic E-state index is -0.503. The number of carbonyl (C=O) groups excluding carboxylic acids is 1. The molecule has 1 aromatic heterocycles. The molecule has 0 aliphatic carbocycles. The van der Waals surface area contributed by atoms with Crippen molar-refractivity contribution in [1.82, 2.24) is 9.97 Å². The third kappa shape index (κ3) is 3.88. The van der Waals surface area contributed by atoms with Gasteiger partial charge in [0.25, 0.3) is 5.69 Å². The van der Waals surface area contributed by atoms with E-state index in [1.165, 1.54) is 36.3 Å². The molecule has 0 amide bonds. The highest BCUT2D eigenvalue weighted by molar-refractivity contribution is 7.99. The molecule has 0 saturated carbocycles. The summed E-state index contributed by atoms with van der Waals surface area (Å²) >= 11 is 1.31. The Morgan fingerprint density at radius 1 is 1.25 bits per heavy atom. The fraction of sp³-hybridized carbons (Fsp3) is 0.312. The van der Waals surface area contributed by atoms with Gasteiger partial charge in [0, 0.05) is 36.9 Å². The first-order chi connectivity index (χ1) is 11.6. The summed E-state index contributed by atoms with van der Waals surface area (Å²) in [5.41, 5.74) is 0.259. The Morgan fingerprint density at radius 2 is 2.04 bits per heavy atom. The lowest BCUT2D eigenvalue weighted by Gasteiger charge is -2.16. The highest BCUT2D eigenvalue weighted by Crippen LogP contribution is 2.23. The highest BCUT2D eigenvalue weighted by atomic mass is 32.2. The summed E-state index contributed by atoms with van der Waals surface area (Å²) in [6.07, 6.45) is 3.84. The summed E-state index contributed by atoms with van der Waals surface area (Å²) in [6, 6.07) is 7.67. The first-order valence-electron chi connectivity index (χ1n) is 7.61. The van der Waals surface area contributed by atoms with Crippen LogP contribution >= 0.6 is 11.8 Å². The molecular formula is C16H16N4O3S. The van der Waals surface area contributed by atoms with Gasteiger partial charge in [-0.15, -0.1) is 0 Å². The van der Waals surface area contributed by atoms with Crippen molar-refractivity contribution in [1.29, 1.82) is 0 Å². The maximum absolute atomic E-state index is 12.2. The van der Waals surface area contributed by atoms with Gasteiger partial charge >= 0.3 is 0 Å². The number of nitro benzene ring substituents is 1. The number of rotatable bonds is 6. The number of benzene rings is 1. The second-order valence-corrected chi connectivity index (χ2v) is 6.42. The molecule has 0 unspecified atom stereocenters. The van der Waals surface area contributed by atoms with Crippen molar-refractivity contribution in [2.45, 2.75) is 17.9 Å². The molecule has 2 aromatic rings. The van der Waals surface area contributed by atoms with Crippen LogP contribution in [0, 0.1) is 10.1 Å². The van der Waals surface area contributed by atoms with Crippen LogP contribution in [0.25, 0.3) is 0 Å². The molecule has 8 heteroatoms. The van der Waals surface area contributed by atoms with Crippen molar-refractivity contribution in [2.24, 2.45) is 0 Å². The summed E-state index contributed by atoms with van der Waals surface area (Å²) in [4.78, 5) is 33.2. The number of carbonyl (C=O) groups is 1. The Balaban J connectivity index is 1.65. The SMILES string of the molecule is O=C(CSc1cc(N2CCCC2)ncn1)c1cccc([N+](=O)[O-])c1. The molecule has 1 fully saturated rings. The van der Waals surface area contributed by atoms with E-state index in [2.05, 4.69) is 14.9 Å². The van der Waals surface area contributed by atoms with Crippen molar-refractivity contribution in [3.8, 4) is 0 Å². The van der Waals surface area contributed by atoms with Crippen LogP contribution in [-0.4, -0.2) is 39.5 Å². The van der Waals surface area contributed by atoms with Crippen LogP contribution in [0.1, 0.15) is 23.2 Å². The van der Waals surface area contributed by atoms with Crippen molar-refractivity contribution >= 4 is 29.1 Å². The van der Waals surface area contributed by atoms with E-state index in [9.17, 15) is 14.9 Å². The standard InChI is InChI=1S/C16H16N4O3S/c21-14(12-4-3-5-13(8-12)20(22)23)10-24-16-9-15(17-11-18-16)19-6-1-2-7-19/h3-5,8-9,11H,1-2,6-7,10H2. The van der Waals surface area contributed by atoms with E-state index in [0.29, 0.717) is 5.56 Å². The van der Waals surface area contributed by atoms with E-state index < -0.39 is 4.92 Å². The second-order valence-electron chi connectivity index (χ2n) is 5.43. The van der Waals surface area contributed by atoms with Crippen LogP contribution in [0.4, 0.5) is 11.5 Å². The Bertz CT molecular complexity index is 762. The molecule has 0 radical (unpaired) electrons. The number of nitro groups is 1. The average Bonchev–Trinajstić information content (AvgIpc) is 3.15. The summed E-state index contributed by atoms with van der Waals surface area (Å²) < 4.78 is 0. The molecule has 1 aromatic carbocycles. The monoisotopic (exact) mass is 344 g/mol. The Morgan fingerprint density at radius 3 is 2.79 bits per heavy atom. The predicted octanol–water partition coefficient (Wildman–Crippen LogP) is 2.96. The summed E-state index contributed by atoms with van der Waals surface area (Å²) in [5.74, 6) is 0.898. The molecule has 1 saturated heterocycles. The number of hydrogen-bond acceptors (Lipinski definition) is 7. The van der Waals surface area contributed by atoms with Gasteiger partial charge in [-0.1, -0.05) is 23.9 Å². The normalized spacial score (nSPS) is 13.9. The van der Waals surface area contributed by atoms with E-state index in [1.807, 2.05) is 6.07 Å². The number of anilines is 1. The largest absolute Gasteiger partial charge is 0.356 e. The molecule has 3 rings (SSSR count). The van der Waals surface area contributed by atoms with Gasteiger partial charge in [0.05, 0.1) is 10.7 Å². The number of nitrogens with zero attached hydrogens (tertiary/aromatic N) is 4. The van der Waals surface area contributed by atoms with E-state index in [-0.39, 0.29) is 17.2 Å². The minimum Gasteiger partial charge on any atom is -0.356 e. The zero-order valence-electron chi connectivity index (χ0n) is 12.9. The summed E-state index contributed by atoms with van der Waals surface area (Å²) in [7, 11) is 0. The zero-order chi connectivity index (χ0) is 16.9. The summed E-state index contributed by atoms with van der Waals surface area (Å²) in [6.45, 7) is 1.99. The van der Waals surface area contributed by atoms with Crippen LogP contribution in [0.2, 0.25) is 0 Å². The number of ketones is 1. The Hall–Kier alpha value is -2.48. The van der Waals surface area contributed by atoms with Gasteiger partial charge in [-0.05, 0) is 12.8 Å². The molecule has 24 heavy (non-hydrogen) atoms. The average molecular weight is 344 g/mol. The molecule has 2 heterocycles. The Labute approximate surface area is 143 Å². The van der Waals surface area contributed by atoms with Gasteiger partial charge in [0.15, 0.2) is 5.78 Å². The molecule has 0 spiro atoms. The predicted molar refractivity (Wildman–Crippen MR) is 91.6 cm³/mol. The molecule has 1 aliphatic heterocycles. The van der Waals surface area contributed by atoms with E-state index in [0.717, 1.165) is 36.8 Å². The van der Waals surface area contributed by atoms with Gasteiger partial charge in [0.2, 0.25) is 0 Å². The number of thioether (sulfide) groups is 1.